The molecular weight excluding hydrogens is 492 g/mol. The summed E-state index contributed by atoms with van der Waals surface area (Å²) in [6.45, 7) is 12.5. The van der Waals surface area contributed by atoms with Gasteiger partial charge in [0.25, 0.3) is 0 Å². The number of allylic oxidation sites excluding steroid dienone is 1. The van der Waals surface area contributed by atoms with E-state index < -0.39 is 51.4 Å². The molecule has 39 heavy (non-hydrogen) atoms. The molecule has 2 aromatic rings. The van der Waals surface area contributed by atoms with Gasteiger partial charge in [-0.2, -0.15) is 0 Å². The Kier molecular flexibility index (Phi) is 5.97. The second-order valence-electron chi connectivity index (χ2n) is 12.7. The molecule has 2 aromatic carbocycles. The predicted molar refractivity (Wildman–Crippen MR) is 147 cm³/mol. The molecule has 6 nitrogen and oxygen atoms in total. The van der Waals surface area contributed by atoms with Crippen molar-refractivity contribution >= 4 is 23.1 Å². The highest BCUT2D eigenvalue weighted by Crippen LogP contribution is 2.64. The Balaban J connectivity index is 1.77. The van der Waals surface area contributed by atoms with Gasteiger partial charge in [0, 0.05) is 5.41 Å². The Labute approximate surface area is 229 Å². The van der Waals surface area contributed by atoms with Crippen molar-refractivity contribution in [3.63, 3.8) is 0 Å². The first-order valence-electron chi connectivity index (χ1n) is 13.6. The molecule has 3 aliphatic rings. The maximum Gasteiger partial charge on any atom is 0.192 e. The highest BCUT2D eigenvalue weighted by Gasteiger charge is 2.73. The average Bonchev–Trinajstić information content (AvgIpc) is 2.82. The number of ketones is 4. The van der Waals surface area contributed by atoms with Crippen molar-refractivity contribution < 1.29 is 29.4 Å². The van der Waals surface area contributed by atoms with Gasteiger partial charge in [-0.25, -0.2) is 0 Å². The van der Waals surface area contributed by atoms with Gasteiger partial charge in [0.2, 0.25) is 0 Å². The number of aryl methyl sites for hydroxylation is 1. The SMILES string of the molecule is CC(=O)C1C(=O)[C@@]2(O)C(=O)C3C(=O)c4c(O)ccc(-c5ccc(C)cc5)c4C[C@@]3(C)C[C@@]2(C)C(C(C)C)=C1C. The molecule has 0 radical (unpaired) electrons. The van der Waals surface area contributed by atoms with Crippen LogP contribution in [0.25, 0.3) is 11.1 Å². The van der Waals surface area contributed by atoms with E-state index in [9.17, 15) is 29.4 Å². The molecule has 0 spiro atoms. The van der Waals surface area contributed by atoms with E-state index in [4.69, 9.17) is 0 Å². The van der Waals surface area contributed by atoms with Crippen molar-refractivity contribution in [3.05, 3.63) is 64.2 Å². The fraction of sp³-hybridized carbons (Fsp3) is 0.455. The van der Waals surface area contributed by atoms with E-state index in [1.807, 2.05) is 52.0 Å². The molecule has 0 aromatic heterocycles. The number of hydrogen-bond acceptors (Lipinski definition) is 6. The van der Waals surface area contributed by atoms with Crippen LogP contribution in [-0.4, -0.2) is 38.9 Å². The van der Waals surface area contributed by atoms with Crippen molar-refractivity contribution in [2.24, 2.45) is 28.6 Å². The minimum absolute atomic E-state index is 0.0679. The average molecular weight is 529 g/mol. The fourth-order valence-electron chi connectivity index (χ4n) is 8.34. The van der Waals surface area contributed by atoms with Crippen LogP contribution in [0.4, 0.5) is 0 Å². The van der Waals surface area contributed by atoms with E-state index in [1.54, 1.807) is 19.9 Å². The van der Waals surface area contributed by atoms with E-state index >= 15 is 0 Å². The van der Waals surface area contributed by atoms with Crippen LogP contribution >= 0.6 is 0 Å². The number of hydrogen-bond donors (Lipinski definition) is 2. The zero-order chi connectivity index (χ0) is 28.8. The van der Waals surface area contributed by atoms with E-state index in [1.165, 1.54) is 13.0 Å². The largest absolute Gasteiger partial charge is 0.507 e. The first kappa shape index (κ1) is 27.2. The first-order valence-corrected chi connectivity index (χ1v) is 13.6. The number of benzene rings is 2. The van der Waals surface area contributed by atoms with Crippen LogP contribution in [0.15, 0.2) is 47.5 Å². The summed E-state index contributed by atoms with van der Waals surface area (Å²) in [7, 11) is 0. The van der Waals surface area contributed by atoms with Gasteiger partial charge in [-0.3, -0.25) is 19.2 Å². The molecule has 1 saturated carbocycles. The molecule has 1 fully saturated rings. The molecule has 0 amide bonds. The molecule has 3 aliphatic carbocycles. The summed E-state index contributed by atoms with van der Waals surface area (Å²) < 4.78 is 0. The van der Waals surface area contributed by atoms with E-state index in [2.05, 4.69) is 0 Å². The summed E-state index contributed by atoms with van der Waals surface area (Å²) in [5.41, 5.74) is 0.0924. The quantitative estimate of drug-likeness (QED) is 0.419. The lowest BCUT2D eigenvalue weighted by Gasteiger charge is -2.60. The Bertz CT molecular complexity index is 1490. The van der Waals surface area contributed by atoms with Gasteiger partial charge >= 0.3 is 0 Å². The third-order valence-corrected chi connectivity index (χ3v) is 9.67. The molecule has 204 valence electrons. The van der Waals surface area contributed by atoms with Crippen molar-refractivity contribution in [1.29, 1.82) is 0 Å². The molecule has 5 rings (SSSR count). The van der Waals surface area contributed by atoms with E-state index in [-0.39, 0.29) is 23.7 Å². The minimum atomic E-state index is -2.52. The number of fused-ring (bicyclic) bond motifs is 3. The van der Waals surface area contributed by atoms with Crippen LogP contribution in [-0.2, 0) is 20.8 Å². The van der Waals surface area contributed by atoms with E-state index in [0.29, 0.717) is 17.6 Å². The predicted octanol–water partition coefficient (Wildman–Crippen LogP) is 5.20. The number of rotatable bonds is 3. The second kappa shape index (κ2) is 8.56. The summed E-state index contributed by atoms with van der Waals surface area (Å²) in [6, 6.07) is 11.2. The van der Waals surface area contributed by atoms with Crippen LogP contribution in [0.3, 0.4) is 0 Å². The second-order valence-corrected chi connectivity index (χ2v) is 12.7. The van der Waals surface area contributed by atoms with Crippen molar-refractivity contribution in [1.82, 2.24) is 0 Å². The van der Waals surface area contributed by atoms with Crippen molar-refractivity contribution in [2.75, 3.05) is 0 Å². The van der Waals surface area contributed by atoms with Gasteiger partial charge in [-0.05, 0) is 67.7 Å². The third kappa shape index (κ3) is 3.43. The number of phenolic OH excluding ortho intramolecular Hbond substituents is 1. The first-order chi connectivity index (χ1) is 18.1. The van der Waals surface area contributed by atoms with Crippen LogP contribution in [0, 0.1) is 35.5 Å². The zero-order valence-electron chi connectivity index (χ0n) is 23.6. The van der Waals surface area contributed by atoms with Crippen LogP contribution in [0.5, 0.6) is 5.75 Å². The molecule has 0 bridgehead atoms. The number of carbonyl (C=O) groups excluding carboxylic acids is 4. The fourth-order valence-corrected chi connectivity index (χ4v) is 8.34. The molecular formula is C33H36O6. The molecule has 0 aliphatic heterocycles. The summed E-state index contributed by atoms with van der Waals surface area (Å²) >= 11 is 0. The smallest absolute Gasteiger partial charge is 0.192 e. The van der Waals surface area contributed by atoms with Gasteiger partial charge in [-0.1, -0.05) is 74.7 Å². The lowest BCUT2D eigenvalue weighted by molar-refractivity contribution is -0.183. The Morgan fingerprint density at radius 3 is 2.15 bits per heavy atom. The summed E-state index contributed by atoms with van der Waals surface area (Å²) in [5, 5.41) is 23.0. The van der Waals surface area contributed by atoms with Crippen molar-refractivity contribution in [2.45, 2.75) is 66.9 Å². The summed E-state index contributed by atoms with van der Waals surface area (Å²) in [6.07, 6.45) is 0.505. The van der Waals surface area contributed by atoms with Crippen molar-refractivity contribution in [3.8, 4) is 16.9 Å². The Hall–Kier alpha value is -3.38. The highest BCUT2D eigenvalue weighted by atomic mass is 16.3. The number of aliphatic hydroxyl groups is 1. The number of carbonyl (C=O) groups is 4. The molecule has 2 unspecified atom stereocenters. The van der Waals surface area contributed by atoms with Gasteiger partial charge in [-0.15, -0.1) is 0 Å². The monoisotopic (exact) mass is 528 g/mol. The molecule has 0 saturated heterocycles. The molecule has 2 N–H and O–H groups in total. The summed E-state index contributed by atoms with van der Waals surface area (Å²) in [4.78, 5) is 55.1. The Morgan fingerprint density at radius 2 is 1.59 bits per heavy atom. The highest BCUT2D eigenvalue weighted by molar-refractivity contribution is 6.27. The van der Waals surface area contributed by atoms with Gasteiger partial charge < -0.3 is 10.2 Å². The zero-order valence-corrected chi connectivity index (χ0v) is 23.6. The lowest BCUT2D eigenvalue weighted by atomic mass is 9.41. The maximum atomic E-state index is 14.4. The number of aromatic hydroxyl groups is 1. The topological polar surface area (TPSA) is 109 Å². The van der Waals surface area contributed by atoms with Crippen LogP contribution in [0.2, 0.25) is 0 Å². The molecule has 6 heteroatoms. The maximum absolute atomic E-state index is 14.4. The molecule has 5 atom stereocenters. The van der Waals surface area contributed by atoms with Gasteiger partial charge in [0.15, 0.2) is 23.0 Å². The number of phenols is 1. The third-order valence-electron chi connectivity index (χ3n) is 9.67. The van der Waals surface area contributed by atoms with Crippen LogP contribution in [0.1, 0.15) is 69.4 Å². The van der Waals surface area contributed by atoms with Gasteiger partial charge in [0.05, 0.1) is 11.5 Å². The van der Waals surface area contributed by atoms with Crippen LogP contribution < -0.4 is 0 Å². The van der Waals surface area contributed by atoms with E-state index in [0.717, 1.165) is 22.3 Å². The van der Waals surface area contributed by atoms with Gasteiger partial charge in [0.1, 0.15) is 17.5 Å². The lowest BCUT2D eigenvalue weighted by Crippen LogP contribution is -2.73. The normalized spacial score (nSPS) is 32.2. The minimum Gasteiger partial charge on any atom is -0.507 e. The Morgan fingerprint density at radius 1 is 0.974 bits per heavy atom. The standard InChI is InChI=1S/C33H36O6/c1-16(2)26-18(4)24(19(5)34)29(37)33(39)30(38)27-28(36)25-22(14-31(27,6)15-32(26,33)7)21(12-13-23(25)35)20-10-8-17(3)9-11-20/h8-13,16,24,27,35,39H,14-15H2,1-7H3/t24?,27?,31-,32-,33+/m0/s1. The number of Topliss-reactive ketones (excluding diaryl/α,β-unsaturated/α-hetero) is 4. The molecule has 0 heterocycles. The summed E-state index contributed by atoms with van der Waals surface area (Å²) in [5.74, 6) is -5.67.